The molecule has 1 aliphatic rings. The van der Waals surface area contributed by atoms with Gasteiger partial charge in [0.1, 0.15) is 12.4 Å². The smallest absolute Gasteiger partial charge is 0.318 e. The van der Waals surface area contributed by atoms with Crippen molar-refractivity contribution >= 4 is 6.03 Å². The first-order chi connectivity index (χ1) is 10.7. The van der Waals surface area contributed by atoms with Gasteiger partial charge in [-0.3, -0.25) is 0 Å². The summed E-state index contributed by atoms with van der Waals surface area (Å²) < 4.78 is 16.1. The van der Waals surface area contributed by atoms with E-state index in [-0.39, 0.29) is 12.8 Å². The summed E-state index contributed by atoms with van der Waals surface area (Å²) in [6.45, 7) is 9.20. The van der Waals surface area contributed by atoms with Crippen molar-refractivity contribution in [3.8, 4) is 17.2 Å². The number of rotatable bonds is 8. The molecule has 1 aromatic carbocycles. The lowest BCUT2D eigenvalue weighted by molar-refractivity contribution is 0.173. The molecule has 2 rings (SSSR count). The van der Waals surface area contributed by atoms with Crippen molar-refractivity contribution in [3.05, 3.63) is 43.5 Å². The maximum atomic E-state index is 11.9. The van der Waals surface area contributed by atoms with Crippen LogP contribution in [0.3, 0.4) is 0 Å². The van der Waals surface area contributed by atoms with E-state index < -0.39 is 0 Å². The monoisotopic (exact) mass is 304 g/mol. The summed E-state index contributed by atoms with van der Waals surface area (Å²) in [4.78, 5) is 13.5. The molecule has 22 heavy (non-hydrogen) atoms. The van der Waals surface area contributed by atoms with Crippen LogP contribution in [0, 0.1) is 0 Å². The summed E-state index contributed by atoms with van der Waals surface area (Å²) in [5.41, 5.74) is 0. The highest BCUT2D eigenvalue weighted by molar-refractivity contribution is 5.74. The average Bonchev–Trinajstić information content (AvgIpc) is 2.98. The summed E-state index contributed by atoms with van der Waals surface area (Å²) in [5.74, 6) is 2.06. The Morgan fingerprint density at radius 2 is 2.00 bits per heavy atom. The van der Waals surface area contributed by atoms with Crippen molar-refractivity contribution in [3.63, 3.8) is 0 Å². The van der Waals surface area contributed by atoms with Crippen molar-refractivity contribution in [1.29, 1.82) is 0 Å². The zero-order valence-electron chi connectivity index (χ0n) is 12.4. The number of hydrogen-bond acceptors (Lipinski definition) is 4. The van der Waals surface area contributed by atoms with E-state index in [0.29, 0.717) is 43.5 Å². The van der Waals surface area contributed by atoms with E-state index in [1.807, 2.05) is 0 Å². The fourth-order valence-electron chi connectivity index (χ4n) is 1.96. The second kappa shape index (κ2) is 7.97. The fraction of sp³-hybridized carbons (Fsp3) is 0.312. The number of fused-ring (bicyclic) bond motifs is 1. The molecular weight excluding hydrogens is 284 g/mol. The number of nitrogens with one attached hydrogen (secondary N) is 1. The van der Waals surface area contributed by atoms with E-state index in [9.17, 15) is 4.79 Å². The summed E-state index contributed by atoms with van der Waals surface area (Å²) >= 11 is 0. The first kappa shape index (κ1) is 15.8. The van der Waals surface area contributed by atoms with Gasteiger partial charge in [0.2, 0.25) is 6.79 Å². The minimum Gasteiger partial charge on any atom is -0.492 e. The standard InChI is InChI=1S/C16H20N2O4/c1-3-8-18(9-4-2)16(19)17-7-10-20-13-5-6-14-15(11-13)22-12-21-14/h3-6,11H,1-2,7-10,12H2,(H,17,19). The first-order valence-electron chi connectivity index (χ1n) is 7.01. The molecule has 118 valence electrons. The third-order valence-corrected chi connectivity index (χ3v) is 2.98. The summed E-state index contributed by atoms with van der Waals surface area (Å²) in [5, 5.41) is 2.79. The zero-order chi connectivity index (χ0) is 15.8. The van der Waals surface area contributed by atoms with Gasteiger partial charge in [-0.05, 0) is 12.1 Å². The van der Waals surface area contributed by atoms with Crippen LogP contribution >= 0.6 is 0 Å². The van der Waals surface area contributed by atoms with E-state index >= 15 is 0 Å². The van der Waals surface area contributed by atoms with Gasteiger partial charge in [0, 0.05) is 19.2 Å². The molecule has 6 heteroatoms. The van der Waals surface area contributed by atoms with Crippen molar-refractivity contribution in [2.24, 2.45) is 0 Å². The van der Waals surface area contributed by atoms with Gasteiger partial charge in [-0.1, -0.05) is 12.2 Å². The Bertz CT molecular complexity index is 535. The van der Waals surface area contributed by atoms with Crippen LogP contribution in [0.2, 0.25) is 0 Å². The largest absolute Gasteiger partial charge is 0.492 e. The van der Waals surface area contributed by atoms with E-state index in [0.717, 1.165) is 0 Å². The lowest BCUT2D eigenvalue weighted by Gasteiger charge is -2.19. The molecule has 6 nitrogen and oxygen atoms in total. The van der Waals surface area contributed by atoms with Gasteiger partial charge < -0.3 is 24.4 Å². The molecule has 0 bridgehead atoms. The Hall–Kier alpha value is -2.63. The molecule has 0 radical (unpaired) electrons. The molecule has 1 N–H and O–H groups in total. The second-order valence-electron chi connectivity index (χ2n) is 4.58. The highest BCUT2D eigenvalue weighted by atomic mass is 16.7. The quantitative estimate of drug-likeness (QED) is 0.591. The third kappa shape index (κ3) is 4.18. The van der Waals surface area contributed by atoms with Crippen LogP contribution in [-0.2, 0) is 0 Å². The summed E-state index contributed by atoms with van der Waals surface area (Å²) in [6.07, 6.45) is 3.35. The van der Waals surface area contributed by atoms with Gasteiger partial charge in [-0.2, -0.15) is 0 Å². The van der Waals surface area contributed by atoms with Gasteiger partial charge in [-0.25, -0.2) is 4.79 Å². The van der Waals surface area contributed by atoms with Crippen molar-refractivity contribution in [2.45, 2.75) is 0 Å². The van der Waals surface area contributed by atoms with E-state index in [2.05, 4.69) is 18.5 Å². The number of carbonyl (C=O) groups excluding carboxylic acids is 1. The topological polar surface area (TPSA) is 60.0 Å². The number of amides is 2. The molecule has 0 spiro atoms. The lowest BCUT2D eigenvalue weighted by atomic mass is 10.3. The zero-order valence-corrected chi connectivity index (χ0v) is 12.4. The highest BCUT2D eigenvalue weighted by Gasteiger charge is 2.14. The summed E-state index contributed by atoms with van der Waals surface area (Å²) in [6, 6.07) is 5.20. The van der Waals surface area contributed by atoms with Crippen LogP contribution in [0.5, 0.6) is 17.2 Å². The molecule has 1 heterocycles. The van der Waals surface area contributed by atoms with Crippen molar-refractivity contribution in [1.82, 2.24) is 10.2 Å². The minimum atomic E-state index is -0.172. The maximum absolute atomic E-state index is 11.9. The van der Waals surface area contributed by atoms with Crippen molar-refractivity contribution < 1.29 is 19.0 Å². The van der Waals surface area contributed by atoms with Crippen LogP contribution < -0.4 is 19.5 Å². The second-order valence-corrected chi connectivity index (χ2v) is 4.58. The molecular formula is C16H20N2O4. The Labute approximate surface area is 130 Å². The van der Waals surface area contributed by atoms with Gasteiger partial charge in [0.15, 0.2) is 11.5 Å². The first-order valence-corrected chi connectivity index (χ1v) is 7.01. The number of nitrogens with zero attached hydrogens (tertiary/aromatic N) is 1. The predicted octanol–water partition coefficient (Wildman–Crippen LogP) is 2.18. The van der Waals surface area contributed by atoms with Gasteiger partial charge >= 0.3 is 6.03 Å². The number of hydrogen-bond donors (Lipinski definition) is 1. The van der Waals surface area contributed by atoms with Crippen LogP contribution in [0.25, 0.3) is 0 Å². The van der Waals surface area contributed by atoms with Crippen LogP contribution in [-0.4, -0.2) is 44.0 Å². The number of benzene rings is 1. The van der Waals surface area contributed by atoms with Gasteiger partial charge in [0.05, 0.1) is 6.54 Å². The van der Waals surface area contributed by atoms with Crippen LogP contribution in [0.15, 0.2) is 43.5 Å². The maximum Gasteiger partial charge on any atom is 0.318 e. The molecule has 0 saturated carbocycles. The molecule has 0 fully saturated rings. The normalized spacial score (nSPS) is 11.6. The Morgan fingerprint density at radius 3 is 2.73 bits per heavy atom. The van der Waals surface area contributed by atoms with E-state index in [1.165, 1.54) is 0 Å². The molecule has 0 saturated heterocycles. The Morgan fingerprint density at radius 1 is 1.27 bits per heavy atom. The molecule has 2 amide bonds. The van der Waals surface area contributed by atoms with Gasteiger partial charge in [0.25, 0.3) is 0 Å². The van der Waals surface area contributed by atoms with Crippen LogP contribution in [0.4, 0.5) is 4.79 Å². The van der Waals surface area contributed by atoms with Crippen molar-refractivity contribution in [2.75, 3.05) is 33.0 Å². The molecule has 0 unspecified atom stereocenters. The highest BCUT2D eigenvalue weighted by Crippen LogP contribution is 2.34. The number of urea groups is 1. The Balaban J connectivity index is 1.73. The number of ether oxygens (including phenoxy) is 3. The summed E-state index contributed by atoms with van der Waals surface area (Å²) in [7, 11) is 0. The third-order valence-electron chi connectivity index (χ3n) is 2.98. The Kier molecular flexibility index (Phi) is 5.71. The molecule has 0 atom stereocenters. The minimum absolute atomic E-state index is 0.172. The van der Waals surface area contributed by atoms with Gasteiger partial charge in [-0.15, -0.1) is 13.2 Å². The molecule has 0 aromatic heterocycles. The van der Waals surface area contributed by atoms with E-state index in [1.54, 1.807) is 35.3 Å². The number of carbonyl (C=O) groups is 1. The molecule has 1 aliphatic heterocycles. The predicted molar refractivity (Wildman–Crippen MR) is 83.4 cm³/mol. The SMILES string of the molecule is C=CCN(CC=C)C(=O)NCCOc1ccc2c(c1)OCO2. The molecule has 1 aromatic rings. The lowest BCUT2D eigenvalue weighted by Crippen LogP contribution is -2.41. The van der Waals surface area contributed by atoms with E-state index in [4.69, 9.17) is 14.2 Å². The van der Waals surface area contributed by atoms with Crippen LogP contribution in [0.1, 0.15) is 0 Å². The fourth-order valence-corrected chi connectivity index (χ4v) is 1.96. The average molecular weight is 304 g/mol. The molecule has 0 aliphatic carbocycles.